The molecule has 1 atom stereocenters. The minimum absolute atomic E-state index is 0.0796. The molecular weight excluding hydrogens is 296 g/mol. The molecule has 112 valence electrons. The Bertz CT molecular complexity index is 768. The first-order valence-electron chi connectivity index (χ1n) is 6.95. The molecule has 1 aromatic heterocycles. The third kappa shape index (κ3) is 3.20. The van der Waals surface area contributed by atoms with E-state index in [0.29, 0.717) is 5.13 Å². The first-order chi connectivity index (χ1) is 10.6. The Labute approximate surface area is 132 Å². The summed E-state index contributed by atoms with van der Waals surface area (Å²) in [6.07, 6.45) is 0.728. The molecule has 0 amide bonds. The van der Waals surface area contributed by atoms with Crippen molar-refractivity contribution >= 4 is 16.5 Å². The standard InChI is InChI=1S/C17H16N2O2S/c18-17-19-16(10-22-17)15(12-4-6-13(20)7-5-12)9-11-2-1-3-14(21)8-11/h1-8,10,15,20-21H,9H2,(H2,18,19)/p+1. The molecule has 22 heavy (non-hydrogen) atoms. The summed E-state index contributed by atoms with van der Waals surface area (Å²) < 4.78 is 0. The quantitative estimate of drug-likeness (QED) is 0.693. The number of nitrogen functional groups attached to an aromatic ring is 1. The maximum absolute atomic E-state index is 9.65. The molecule has 5 N–H and O–H groups in total. The van der Waals surface area contributed by atoms with Crippen LogP contribution in [0.3, 0.4) is 0 Å². The molecule has 0 saturated heterocycles. The smallest absolute Gasteiger partial charge is 0.329 e. The summed E-state index contributed by atoms with van der Waals surface area (Å²) in [5, 5.41) is 21.8. The number of benzene rings is 2. The second-order valence-electron chi connectivity index (χ2n) is 5.20. The number of nitrogens with one attached hydrogen (secondary N) is 1. The van der Waals surface area contributed by atoms with Crippen LogP contribution in [0.2, 0.25) is 0 Å². The number of aromatic hydroxyl groups is 2. The van der Waals surface area contributed by atoms with Crippen LogP contribution in [0.1, 0.15) is 22.7 Å². The zero-order chi connectivity index (χ0) is 15.5. The van der Waals surface area contributed by atoms with Gasteiger partial charge in [-0.15, -0.1) is 0 Å². The molecule has 0 radical (unpaired) electrons. The fourth-order valence-corrected chi connectivity index (χ4v) is 3.18. The van der Waals surface area contributed by atoms with Crippen LogP contribution in [0.4, 0.5) is 5.13 Å². The van der Waals surface area contributed by atoms with Crippen molar-refractivity contribution in [2.45, 2.75) is 12.3 Å². The number of phenols is 2. The predicted molar refractivity (Wildman–Crippen MR) is 87.0 cm³/mol. The van der Waals surface area contributed by atoms with Gasteiger partial charge in [0.25, 0.3) is 0 Å². The number of anilines is 1. The normalized spacial score (nSPS) is 12.2. The maximum atomic E-state index is 9.65. The zero-order valence-corrected chi connectivity index (χ0v) is 12.7. The summed E-state index contributed by atoms with van der Waals surface area (Å²) in [4.78, 5) is 3.20. The summed E-state index contributed by atoms with van der Waals surface area (Å²) in [6.45, 7) is 0. The number of H-pyrrole nitrogens is 1. The van der Waals surface area contributed by atoms with Crippen molar-refractivity contribution in [1.29, 1.82) is 0 Å². The van der Waals surface area contributed by atoms with Crippen LogP contribution < -0.4 is 10.7 Å². The molecule has 0 bridgehead atoms. The van der Waals surface area contributed by atoms with Crippen molar-refractivity contribution in [2.75, 3.05) is 5.73 Å². The van der Waals surface area contributed by atoms with Crippen LogP contribution in [-0.2, 0) is 6.42 Å². The topological polar surface area (TPSA) is 80.6 Å². The molecule has 4 nitrogen and oxygen atoms in total. The molecule has 5 heteroatoms. The lowest BCUT2D eigenvalue weighted by atomic mass is 9.89. The Morgan fingerprint density at radius 1 is 1.05 bits per heavy atom. The lowest BCUT2D eigenvalue weighted by Gasteiger charge is -2.14. The second kappa shape index (κ2) is 6.07. The molecule has 0 aliphatic heterocycles. The number of thiazole rings is 1. The highest BCUT2D eigenvalue weighted by Gasteiger charge is 2.20. The summed E-state index contributed by atoms with van der Waals surface area (Å²) in [6, 6.07) is 14.4. The van der Waals surface area contributed by atoms with Gasteiger partial charge >= 0.3 is 5.13 Å². The predicted octanol–water partition coefficient (Wildman–Crippen LogP) is 2.93. The van der Waals surface area contributed by atoms with Crippen molar-refractivity contribution in [3.8, 4) is 11.5 Å². The third-order valence-electron chi connectivity index (χ3n) is 3.60. The first-order valence-corrected chi connectivity index (χ1v) is 7.83. The van der Waals surface area contributed by atoms with Crippen LogP contribution in [0.5, 0.6) is 11.5 Å². The van der Waals surface area contributed by atoms with Gasteiger partial charge in [0.05, 0.1) is 5.92 Å². The van der Waals surface area contributed by atoms with Gasteiger partial charge in [-0.25, -0.2) is 4.98 Å². The molecule has 1 heterocycles. The second-order valence-corrected chi connectivity index (χ2v) is 6.11. The number of hydrogen-bond donors (Lipinski definition) is 3. The zero-order valence-electron chi connectivity index (χ0n) is 11.9. The van der Waals surface area contributed by atoms with E-state index in [9.17, 15) is 10.2 Å². The van der Waals surface area contributed by atoms with E-state index < -0.39 is 0 Å². The van der Waals surface area contributed by atoms with E-state index in [0.717, 1.165) is 23.2 Å². The van der Waals surface area contributed by atoms with E-state index in [4.69, 9.17) is 5.73 Å². The highest BCUT2D eigenvalue weighted by Crippen LogP contribution is 2.30. The number of aromatic amines is 1. The Morgan fingerprint density at radius 3 is 2.45 bits per heavy atom. The summed E-state index contributed by atoms with van der Waals surface area (Å²) in [5.74, 6) is 0.584. The van der Waals surface area contributed by atoms with Crippen molar-refractivity contribution in [1.82, 2.24) is 0 Å². The van der Waals surface area contributed by atoms with Crippen molar-refractivity contribution in [3.05, 3.63) is 70.7 Å². The van der Waals surface area contributed by atoms with Gasteiger partial charge in [0.2, 0.25) is 0 Å². The van der Waals surface area contributed by atoms with Crippen LogP contribution in [-0.4, -0.2) is 10.2 Å². The number of aromatic nitrogens is 1. The largest absolute Gasteiger partial charge is 0.508 e. The molecule has 0 fully saturated rings. The van der Waals surface area contributed by atoms with E-state index in [2.05, 4.69) is 4.98 Å². The van der Waals surface area contributed by atoms with Crippen molar-refractivity contribution in [3.63, 3.8) is 0 Å². The number of phenolic OH excluding ortho intramolecular Hbond substituents is 2. The average Bonchev–Trinajstić information content (AvgIpc) is 2.92. The number of rotatable bonds is 4. The lowest BCUT2D eigenvalue weighted by Crippen LogP contribution is -2.17. The van der Waals surface area contributed by atoms with Gasteiger partial charge < -0.3 is 10.2 Å². The minimum atomic E-state index is 0.0796. The molecule has 3 rings (SSSR count). The van der Waals surface area contributed by atoms with Gasteiger partial charge in [-0.1, -0.05) is 35.6 Å². The SMILES string of the molecule is Nc1[nH+]c(C(Cc2cccc(O)c2)c2ccc(O)cc2)cs1. The van der Waals surface area contributed by atoms with Crippen LogP contribution in [0.15, 0.2) is 53.9 Å². The van der Waals surface area contributed by atoms with Crippen molar-refractivity contribution in [2.24, 2.45) is 0 Å². The average molecular weight is 313 g/mol. The first kappa shape index (κ1) is 14.4. The van der Waals surface area contributed by atoms with Crippen LogP contribution >= 0.6 is 11.3 Å². The Balaban J connectivity index is 1.97. The minimum Gasteiger partial charge on any atom is -0.508 e. The summed E-state index contributed by atoms with van der Waals surface area (Å²) in [5.41, 5.74) is 8.96. The molecule has 3 aromatic rings. The van der Waals surface area contributed by atoms with Gasteiger partial charge in [-0.3, -0.25) is 5.73 Å². The number of nitrogens with two attached hydrogens (primary N) is 1. The lowest BCUT2D eigenvalue weighted by molar-refractivity contribution is -0.368. The maximum Gasteiger partial charge on any atom is 0.329 e. The van der Waals surface area contributed by atoms with Gasteiger partial charge in [-0.2, -0.15) is 0 Å². The van der Waals surface area contributed by atoms with Gasteiger partial charge in [0.1, 0.15) is 17.2 Å². The van der Waals surface area contributed by atoms with E-state index in [-0.39, 0.29) is 17.4 Å². The van der Waals surface area contributed by atoms with Crippen molar-refractivity contribution < 1.29 is 15.2 Å². The molecule has 1 unspecified atom stereocenters. The molecule has 0 aliphatic rings. The molecule has 0 aliphatic carbocycles. The molecule has 0 spiro atoms. The molecular formula is C17H17N2O2S+. The number of hydrogen-bond acceptors (Lipinski definition) is 4. The third-order valence-corrected chi connectivity index (χ3v) is 4.33. The molecule has 2 aromatic carbocycles. The van der Waals surface area contributed by atoms with E-state index >= 15 is 0 Å². The van der Waals surface area contributed by atoms with Crippen LogP contribution in [0.25, 0.3) is 0 Å². The monoisotopic (exact) mass is 313 g/mol. The Hall–Kier alpha value is -2.53. The highest BCUT2D eigenvalue weighted by molar-refractivity contribution is 7.13. The molecule has 0 saturated carbocycles. The van der Waals surface area contributed by atoms with Crippen LogP contribution in [0, 0.1) is 0 Å². The summed E-state index contributed by atoms with van der Waals surface area (Å²) in [7, 11) is 0. The Kier molecular flexibility index (Phi) is 3.98. The van der Waals surface area contributed by atoms with E-state index in [1.807, 2.05) is 29.6 Å². The van der Waals surface area contributed by atoms with Gasteiger partial charge in [0, 0.05) is 5.38 Å². The van der Waals surface area contributed by atoms with Gasteiger partial charge in [-0.05, 0) is 41.8 Å². The Morgan fingerprint density at radius 2 is 1.82 bits per heavy atom. The summed E-state index contributed by atoms with van der Waals surface area (Å²) >= 11 is 1.47. The van der Waals surface area contributed by atoms with Gasteiger partial charge in [0.15, 0.2) is 0 Å². The highest BCUT2D eigenvalue weighted by atomic mass is 32.1. The van der Waals surface area contributed by atoms with E-state index in [1.165, 1.54) is 11.3 Å². The van der Waals surface area contributed by atoms with E-state index in [1.54, 1.807) is 24.3 Å². The fraction of sp³-hybridized carbons (Fsp3) is 0.118. The fourth-order valence-electron chi connectivity index (χ4n) is 2.53.